The van der Waals surface area contributed by atoms with Crippen molar-refractivity contribution < 1.29 is 0 Å². The molecule has 0 amide bonds. The van der Waals surface area contributed by atoms with E-state index in [0.717, 1.165) is 23.7 Å². The zero-order valence-electron chi connectivity index (χ0n) is 13.6. The standard InChI is InChI=1S/C19H35N/c1-15-10-12-17(13-11-15)19(20)14-6-5-9-18(19)16-7-3-2-4-8-16/h15-18H,2-14,20H2,1H3. The summed E-state index contributed by atoms with van der Waals surface area (Å²) >= 11 is 0. The van der Waals surface area contributed by atoms with E-state index in [2.05, 4.69) is 6.92 Å². The van der Waals surface area contributed by atoms with E-state index < -0.39 is 0 Å². The van der Waals surface area contributed by atoms with Crippen LogP contribution in [0.2, 0.25) is 0 Å². The Morgan fingerprint density at radius 1 is 0.750 bits per heavy atom. The van der Waals surface area contributed by atoms with Crippen LogP contribution in [-0.2, 0) is 0 Å². The summed E-state index contributed by atoms with van der Waals surface area (Å²) in [5, 5.41) is 0. The predicted octanol–water partition coefficient (Wildman–Crippen LogP) is 5.28. The lowest BCUT2D eigenvalue weighted by Gasteiger charge is -2.52. The molecule has 3 aliphatic carbocycles. The molecule has 1 heteroatoms. The van der Waals surface area contributed by atoms with E-state index in [4.69, 9.17) is 5.73 Å². The minimum atomic E-state index is 0.209. The molecule has 1 nitrogen and oxygen atoms in total. The van der Waals surface area contributed by atoms with Crippen LogP contribution in [0.4, 0.5) is 0 Å². The Morgan fingerprint density at radius 2 is 1.40 bits per heavy atom. The van der Waals surface area contributed by atoms with Gasteiger partial charge < -0.3 is 5.73 Å². The van der Waals surface area contributed by atoms with Gasteiger partial charge in [-0.2, -0.15) is 0 Å². The average molecular weight is 277 g/mol. The zero-order valence-corrected chi connectivity index (χ0v) is 13.6. The van der Waals surface area contributed by atoms with Gasteiger partial charge in [0.05, 0.1) is 0 Å². The molecule has 0 bridgehead atoms. The Hall–Kier alpha value is -0.0400. The van der Waals surface area contributed by atoms with E-state index in [1.165, 1.54) is 83.5 Å². The van der Waals surface area contributed by atoms with Crippen molar-refractivity contribution in [3.8, 4) is 0 Å². The minimum absolute atomic E-state index is 0.209. The molecular weight excluding hydrogens is 242 g/mol. The van der Waals surface area contributed by atoms with Gasteiger partial charge in [0.1, 0.15) is 0 Å². The molecule has 0 aromatic carbocycles. The van der Waals surface area contributed by atoms with Gasteiger partial charge in [-0.1, -0.05) is 64.7 Å². The SMILES string of the molecule is CC1CCC(C2(N)CCCCC2C2CCCCC2)CC1. The van der Waals surface area contributed by atoms with E-state index in [9.17, 15) is 0 Å². The van der Waals surface area contributed by atoms with Gasteiger partial charge in [0.2, 0.25) is 0 Å². The summed E-state index contributed by atoms with van der Waals surface area (Å²) in [5.74, 6) is 3.61. The van der Waals surface area contributed by atoms with Gasteiger partial charge in [-0.3, -0.25) is 0 Å². The summed E-state index contributed by atoms with van der Waals surface area (Å²) in [5.41, 5.74) is 7.36. The van der Waals surface area contributed by atoms with Gasteiger partial charge in [-0.25, -0.2) is 0 Å². The smallest absolute Gasteiger partial charge is 0.0214 e. The molecule has 2 unspecified atom stereocenters. The van der Waals surface area contributed by atoms with Gasteiger partial charge in [-0.05, 0) is 49.4 Å². The molecule has 116 valence electrons. The van der Waals surface area contributed by atoms with Crippen molar-refractivity contribution in [2.24, 2.45) is 29.4 Å². The van der Waals surface area contributed by atoms with Crippen LogP contribution in [0.25, 0.3) is 0 Å². The Bertz CT molecular complexity index is 299. The van der Waals surface area contributed by atoms with E-state index in [0.29, 0.717) is 0 Å². The number of hydrogen-bond donors (Lipinski definition) is 1. The quantitative estimate of drug-likeness (QED) is 0.730. The summed E-state index contributed by atoms with van der Waals surface area (Å²) < 4.78 is 0. The zero-order chi connectivity index (χ0) is 14.0. The van der Waals surface area contributed by atoms with Crippen molar-refractivity contribution in [3.63, 3.8) is 0 Å². The van der Waals surface area contributed by atoms with Crippen LogP contribution >= 0.6 is 0 Å². The molecule has 2 N–H and O–H groups in total. The first-order valence-electron chi connectivity index (χ1n) is 9.49. The molecule has 0 aliphatic heterocycles. The normalized spacial score (nSPS) is 44.4. The first-order chi connectivity index (χ1) is 9.70. The van der Waals surface area contributed by atoms with Crippen molar-refractivity contribution in [3.05, 3.63) is 0 Å². The molecule has 0 spiro atoms. The highest BCUT2D eigenvalue weighted by atomic mass is 14.8. The van der Waals surface area contributed by atoms with Crippen molar-refractivity contribution in [2.45, 2.75) is 95.9 Å². The van der Waals surface area contributed by atoms with Crippen molar-refractivity contribution >= 4 is 0 Å². The van der Waals surface area contributed by atoms with Crippen LogP contribution in [0.5, 0.6) is 0 Å². The lowest BCUT2D eigenvalue weighted by Crippen LogP contribution is -2.58. The van der Waals surface area contributed by atoms with Gasteiger partial charge in [0.25, 0.3) is 0 Å². The molecule has 3 aliphatic rings. The lowest BCUT2D eigenvalue weighted by molar-refractivity contribution is 0.0330. The summed E-state index contributed by atoms with van der Waals surface area (Å²) in [6.45, 7) is 2.43. The van der Waals surface area contributed by atoms with Crippen molar-refractivity contribution in [2.75, 3.05) is 0 Å². The van der Waals surface area contributed by atoms with Gasteiger partial charge >= 0.3 is 0 Å². The van der Waals surface area contributed by atoms with E-state index in [1.54, 1.807) is 0 Å². The fourth-order valence-electron chi connectivity index (χ4n) is 5.77. The van der Waals surface area contributed by atoms with Crippen LogP contribution in [0.15, 0.2) is 0 Å². The fourth-order valence-corrected chi connectivity index (χ4v) is 5.77. The summed E-state index contributed by atoms with van der Waals surface area (Å²) in [7, 11) is 0. The molecule has 0 aromatic heterocycles. The highest BCUT2D eigenvalue weighted by molar-refractivity contribution is 5.02. The van der Waals surface area contributed by atoms with Gasteiger partial charge in [0.15, 0.2) is 0 Å². The molecule has 3 saturated carbocycles. The molecule has 3 fully saturated rings. The molecule has 3 rings (SSSR count). The number of rotatable bonds is 2. The van der Waals surface area contributed by atoms with E-state index >= 15 is 0 Å². The third kappa shape index (κ3) is 2.93. The second kappa shape index (κ2) is 6.38. The lowest BCUT2D eigenvalue weighted by atomic mass is 9.57. The van der Waals surface area contributed by atoms with Crippen LogP contribution in [-0.4, -0.2) is 5.54 Å². The Labute approximate surface area is 126 Å². The first-order valence-corrected chi connectivity index (χ1v) is 9.49. The maximum atomic E-state index is 7.15. The highest BCUT2D eigenvalue weighted by Crippen LogP contribution is 2.49. The predicted molar refractivity (Wildman–Crippen MR) is 86.6 cm³/mol. The van der Waals surface area contributed by atoms with Crippen molar-refractivity contribution in [1.29, 1.82) is 0 Å². The molecule has 0 radical (unpaired) electrons. The summed E-state index contributed by atoms with van der Waals surface area (Å²) in [6.07, 6.45) is 18.7. The van der Waals surface area contributed by atoms with Gasteiger partial charge in [0, 0.05) is 5.54 Å². The third-order valence-corrected chi connectivity index (χ3v) is 7.06. The Kier molecular flexibility index (Phi) is 4.75. The van der Waals surface area contributed by atoms with Crippen LogP contribution in [0.3, 0.4) is 0 Å². The minimum Gasteiger partial charge on any atom is -0.325 e. The molecule has 20 heavy (non-hydrogen) atoms. The summed E-state index contributed by atoms with van der Waals surface area (Å²) in [4.78, 5) is 0. The van der Waals surface area contributed by atoms with Gasteiger partial charge in [-0.15, -0.1) is 0 Å². The third-order valence-electron chi connectivity index (χ3n) is 7.06. The second-order valence-corrected chi connectivity index (χ2v) is 8.32. The molecule has 0 saturated heterocycles. The fraction of sp³-hybridized carbons (Fsp3) is 1.00. The molecule has 0 heterocycles. The van der Waals surface area contributed by atoms with Crippen LogP contribution in [0.1, 0.15) is 90.4 Å². The number of hydrogen-bond acceptors (Lipinski definition) is 1. The molecule has 2 atom stereocenters. The second-order valence-electron chi connectivity index (χ2n) is 8.32. The maximum Gasteiger partial charge on any atom is 0.0214 e. The largest absolute Gasteiger partial charge is 0.325 e. The Balaban J connectivity index is 1.72. The first kappa shape index (κ1) is 14.9. The van der Waals surface area contributed by atoms with Crippen molar-refractivity contribution in [1.82, 2.24) is 0 Å². The highest BCUT2D eigenvalue weighted by Gasteiger charge is 2.46. The number of nitrogens with two attached hydrogens (primary N) is 1. The molecule has 0 aromatic rings. The molecular formula is C19H35N. The maximum absolute atomic E-state index is 7.15. The van der Waals surface area contributed by atoms with E-state index in [-0.39, 0.29) is 5.54 Å². The topological polar surface area (TPSA) is 26.0 Å². The van der Waals surface area contributed by atoms with Crippen LogP contribution in [0, 0.1) is 23.7 Å². The Morgan fingerprint density at radius 3 is 2.10 bits per heavy atom. The monoisotopic (exact) mass is 277 g/mol. The average Bonchev–Trinajstić information content (AvgIpc) is 2.49. The van der Waals surface area contributed by atoms with Crippen LogP contribution < -0.4 is 5.73 Å². The summed E-state index contributed by atoms with van der Waals surface area (Å²) in [6, 6.07) is 0. The van der Waals surface area contributed by atoms with E-state index in [1.807, 2.05) is 0 Å².